The smallest absolute Gasteiger partial charge is 0.243 e. The van der Waals surface area contributed by atoms with Crippen LogP contribution in [0.1, 0.15) is 24.3 Å². The van der Waals surface area contributed by atoms with Crippen molar-refractivity contribution in [1.29, 1.82) is 0 Å². The summed E-state index contributed by atoms with van der Waals surface area (Å²) in [5, 5.41) is 10.2. The first kappa shape index (κ1) is 23.9. The maximum atomic E-state index is 13.6. The molecule has 7 nitrogen and oxygen atoms in total. The Morgan fingerprint density at radius 3 is 2.43 bits per heavy atom. The number of sulfonamides is 1. The van der Waals surface area contributed by atoms with Gasteiger partial charge in [0.1, 0.15) is 5.75 Å². The van der Waals surface area contributed by atoms with Crippen molar-refractivity contribution in [2.24, 2.45) is 0 Å². The van der Waals surface area contributed by atoms with Crippen LogP contribution in [0.3, 0.4) is 0 Å². The predicted molar refractivity (Wildman–Crippen MR) is 135 cm³/mol. The van der Waals surface area contributed by atoms with Gasteiger partial charge in [-0.15, -0.1) is 0 Å². The second kappa shape index (κ2) is 10.1. The van der Waals surface area contributed by atoms with E-state index in [1.54, 1.807) is 41.0 Å². The fraction of sp³-hybridized carbons (Fsp3) is 0.370. The molecule has 0 aliphatic carbocycles. The topological polar surface area (TPSA) is 83.0 Å². The number of aromatic nitrogens is 1. The molecule has 8 heteroatoms. The lowest BCUT2D eigenvalue weighted by Gasteiger charge is -2.57. The summed E-state index contributed by atoms with van der Waals surface area (Å²) in [5.74, 6) is 0.587. The molecule has 0 spiro atoms. The lowest BCUT2D eigenvalue weighted by molar-refractivity contribution is -0.0553. The second-order valence-corrected chi connectivity index (χ2v) is 11.1. The van der Waals surface area contributed by atoms with Gasteiger partial charge in [0, 0.05) is 49.6 Å². The number of pyridine rings is 1. The van der Waals surface area contributed by atoms with E-state index in [0.29, 0.717) is 18.8 Å². The molecule has 3 heterocycles. The molecule has 2 aliphatic heterocycles. The van der Waals surface area contributed by atoms with E-state index in [2.05, 4.69) is 34.1 Å². The van der Waals surface area contributed by atoms with Crippen LogP contribution in [0.15, 0.2) is 78.0 Å². The molecule has 3 atom stereocenters. The normalized spacial score (nSPS) is 23.5. The van der Waals surface area contributed by atoms with E-state index in [0.717, 1.165) is 36.1 Å². The Kier molecular flexibility index (Phi) is 6.88. The summed E-state index contributed by atoms with van der Waals surface area (Å²) in [4.78, 5) is 6.62. The lowest BCUT2D eigenvalue weighted by atomic mass is 9.74. The maximum Gasteiger partial charge on any atom is 0.243 e. The molecule has 2 fully saturated rings. The third-order valence-electron chi connectivity index (χ3n) is 7.32. The third-order valence-corrected chi connectivity index (χ3v) is 9.18. The standard InChI is InChI=1S/C27H31N3O4S/c1-34-23-5-4-6-24(17-23)35(32,33)29-15-2-3-16-30-25(18-29)27(26(30)19-31)22-9-7-20(8-10-22)21-11-13-28-14-12-21/h4-14,17,25-27,31H,2-3,15-16,18-19H2,1H3/t25-,26+,27+/m0/s1. The summed E-state index contributed by atoms with van der Waals surface area (Å²) in [5.41, 5.74) is 3.33. The molecule has 5 rings (SSSR count). The molecule has 2 saturated heterocycles. The van der Waals surface area contributed by atoms with Gasteiger partial charge in [0.2, 0.25) is 10.0 Å². The molecule has 3 aromatic rings. The molecular formula is C27H31N3O4S. The van der Waals surface area contributed by atoms with Gasteiger partial charge >= 0.3 is 0 Å². The maximum absolute atomic E-state index is 13.6. The molecular weight excluding hydrogens is 462 g/mol. The predicted octanol–water partition coefficient (Wildman–Crippen LogP) is 3.37. The zero-order chi connectivity index (χ0) is 24.4. The molecule has 0 amide bonds. The van der Waals surface area contributed by atoms with Crippen molar-refractivity contribution >= 4 is 10.0 Å². The van der Waals surface area contributed by atoms with Crippen LogP contribution in [-0.4, -0.2) is 73.1 Å². The minimum Gasteiger partial charge on any atom is -0.497 e. The van der Waals surface area contributed by atoms with Crippen LogP contribution in [0.5, 0.6) is 5.75 Å². The van der Waals surface area contributed by atoms with Gasteiger partial charge in [-0.3, -0.25) is 9.88 Å². The molecule has 0 unspecified atom stereocenters. The van der Waals surface area contributed by atoms with E-state index >= 15 is 0 Å². The molecule has 0 radical (unpaired) electrons. The number of benzene rings is 2. The van der Waals surface area contributed by atoms with Gasteiger partial charge in [-0.05, 0) is 60.3 Å². The number of aliphatic hydroxyl groups is 1. The van der Waals surface area contributed by atoms with E-state index < -0.39 is 10.0 Å². The first-order valence-corrected chi connectivity index (χ1v) is 13.5. The van der Waals surface area contributed by atoms with Gasteiger partial charge in [0.15, 0.2) is 0 Å². The highest BCUT2D eigenvalue weighted by Crippen LogP contribution is 2.43. The van der Waals surface area contributed by atoms with Crippen molar-refractivity contribution < 1.29 is 18.3 Å². The fourth-order valence-corrected chi connectivity index (χ4v) is 7.01. The SMILES string of the molecule is COc1cccc(S(=O)(=O)N2CCCCN3[C@H](CO)[C@H](c4ccc(-c5ccncc5)cc4)[C@@H]3C2)c1. The van der Waals surface area contributed by atoms with E-state index in [1.165, 1.54) is 7.11 Å². The number of aliphatic hydroxyl groups excluding tert-OH is 1. The number of ether oxygens (including phenoxy) is 1. The fourth-order valence-electron chi connectivity index (χ4n) is 5.48. The van der Waals surface area contributed by atoms with Gasteiger partial charge in [-0.2, -0.15) is 4.31 Å². The molecule has 1 aromatic heterocycles. The summed E-state index contributed by atoms with van der Waals surface area (Å²) in [7, 11) is -2.14. The summed E-state index contributed by atoms with van der Waals surface area (Å²) < 4.78 is 34.0. The summed E-state index contributed by atoms with van der Waals surface area (Å²) >= 11 is 0. The van der Waals surface area contributed by atoms with Crippen LogP contribution in [0.2, 0.25) is 0 Å². The van der Waals surface area contributed by atoms with Crippen molar-refractivity contribution in [3.8, 4) is 16.9 Å². The number of nitrogens with zero attached hydrogens (tertiary/aromatic N) is 3. The number of rotatable bonds is 6. The van der Waals surface area contributed by atoms with Crippen LogP contribution in [0.4, 0.5) is 0 Å². The number of fused-ring (bicyclic) bond motifs is 1. The van der Waals surface area contributed by atoms with E-state index in [4.69, 9.17) is 4.74 Å². The third kappa shape index (κ3) is 4.59. The number of methoxy groups -OCH3 is 1. The summed E-state index contributed by atoms with van der Waals surface area (Å²) in [6.07, 6.45) is 5.24. The number of hydrogen-bond acceptors (Lipinski definition) is 6. The Hall–Kier alpha value is -2.78. The monoisotopic (exact) mass is 493 g/mol. The first-order valence-electron chi connectivity index (χ1n) is 12.0. The Morgan fingerprint density at radius 1 is 1.00 bits per heavy atom. The highest BCUT2D eigenvalue weighted by molar-refractivity contribution is 7.89. The zero-order valence-electron chi connectivity index (χ0n) is 19.8. The van der Waals surface area contributed by atoms with Gasteiger partial charge in [-0.25, -0.2) is 8.42 Å². The second-order valence-electron chi connectivity index (χ2n) is 9.19. The van der Waals surface area contributed by atoms with E-state index in [9.17, 15) is 13.5 Å². The Morgan fingerprint density at radius 2 is 1.71 bits per heavy atom. The lowest BCUT2D eigenvalue weighted by Crippen LogP contribution is -2.67. The molecule has 1 N–H and O–H groups in total. The first-order chi connectivity index (χ1) is 17.0. The minimum absolute atomic E-state index is 0.00810. The minimum atomic E-state index is -3.67. The van der Waals surface area contributed by atoms with Crippen LogP contribution < -0.4 is 4.74 Å². The number of hydrogen-bond donors (Lipinski definition) is 1. The Labute approximate surface area is 207 Å². The van der Waals surface area contributed by atoms with Crippen molar-refractivity contribution in [1.82, 2.24) is 14.2 Å². The molecule has 184 valence electrons. The average Bonchev–Trinajstić information content (AvgIpc) is 2.88. The van der Waals surface area contributed by atoms with Crippen LogP contribution in [-0.2, 0) is 10.0 Å². The van der Waals surface area contributed by atoms with Crippen molar-refractivity contribution in [2.75, 3.05) is 33.4 Å². The van der Waals surface area contributed by atoms with Crippen LogP contribution in [0.25, 0.3) is 11.1 Å². The van der Waals surface area contributed by atoms with Crippen LogP contribution >= 0.6 is 0 Å². The Balaban J connectivity index is 1.42. The average molecular weight is 494 g/mol. The van der Waals surface area contributed by atoms with Gasteiger partial charge in [-0.1, -0.05) is 30.3 Å². The van der Waals surface area contributed by atoms with Crippen molar-refractivity contribution in [2.45, 2.75) is 35.7 Å². The van der Waals surface area contributed by atoms with Crippen molar-refractivity contribution in [3.63, 3.8) is 0 Å². The van der Waals surface area contributed by atoms with Gasteiger partial charge in [0.25, 0.3) is 0 Å². The highest BCUT2D eigenvalue weighted by Gasteiger charge is 2.50. The summed E-state index contributed by atoms with van der Waals surface area (Å²) in [6, 6.07) is 19.0. The van der Waals surface area contributed by atoms with Crippen molar-refractivity contribution in [3.05, 3.63) is 78.6 Å². The molecule has 0 bridgehead atoms. The molecule has 2 aliphatic rings. The Bertz CT molecular complexity index is 1250. The van der Waals surface area contributed by atoms with Gasteiger partial charge < -0.3 is 9.84 Å². The summed E-state index contributed by atoms with van der Waals surface area (Å²) in [6.45, 7) is 1.80. The highest BCUT2D eigenvalue weighted by atomic mass is 32.2. The van der Waals surface area contributed by atoms with Gasteiger partial charge in [0.05, 0.1) is 18.6 Å². The molecule has 35 heavy (non-hydrogen) atoms. The largest absolute Gasteiger partial charge is 0.497 e. The van der Waals surface area contributed by atoms with Crippen LogP contribution in [0, 0.1) is 0 Å². The molecule has 2 aromatic carbocycles. The molecule has 0 saturated carbocycles. The zero-order valence-corrected chi connectivity index (χ0v) is 20.6. The quantitative estimate of drug-likeness (QED) is 0.567. The van der Waals surface area contributed by atoms with E-state index in [-0.39, 0.29) is 29.5 Å². The van der Waals surface area contributed by atoms with E-state index in [1.807, 2.05) is 12.1 Å².